The summed E-state index contributed by atoms with van der Waals surface area (Å²) >= 11 is 0. The fourth-order valence-electron chi connectivity index (χ4n) is 2.39. The average molecular weight is 231 g/mol. The van der Waals surface area contributed by atoms with Crippen LogP contribution in [0, 0.1) is 0 Å². The Labute approximate surface area is 100 Å². The molecule has 0 bridgehead atoms. The molecule has 1 fully saturated rings. The number of nitrogens with one attached hydrogen (secondary N) is 1. The average Bonchev–Trinajstić information content (AvgIpc) is 3.09. The van der Waals surface area contributed by atoms with Crippen molar-refractivity contribution in [3.05, 3.63) is 36.7 Å². The molecule has 1 saturated heterocycles. The quantitative estimate of drug-likeness (QED) is 0.860. The fraction of sp³-hybridized carbons (Fsp3) is 0.500. The van der Waals surface area contributed by atoms with E-state index in [1.54, 1.807) is 0 Å². The van der Waals surface area contributed by atoms with Gasteiger partial charge in [0.25, 0.3) is 0 Å². The van der Waals surface area contributed by atoms with E-state index >= 15 is 0 Å². The summed E-state index contributed by atoms with van der Waals surface area (Å²) in [4.78, 5) is 4.26. The van der Waals surface area contributed by atoms with Crippen LogP contribution in [0.15, 0.2) is 31.0 Å². The second kappa shape index (κ2) is 4.71. The lowest BCUT2D eigenvalue weighted by molar-refractivity contribution is 0.498. The number of imidazole rings is 1. The molecule has 17 heavy (non-hydrogen) atoms. The predicted molar refractivity (Wildman–Crippen MR) is 64.4 cm³/mol. The summed E-state index contributed by atoms with van der Waals surface area (Å²) in [6.07, 6.45) is 10.2. The molecule has 2 aromatic heterocycles. The van der Waals surface area contributed by atoms with Gasteiger partial charge in [-0.05, 0) is 25.5 Å². The third-order valence-corrected chi connectivity index (χ3v) is 3.29. The third kappa shape index (κ3) is 2.24. The second-order valence-corrected chi connectivity index (χ2v) is 4.43. The van der Waals surface area contributed by atoms with Crippen molar-refractivity contribution in [3.8, 4) is 0 Å². The number of nitrogens with zero attached hydrogens (tertiary/aromatic N) is 4. The molecule has 0 aliphatic carbocycles. The standard InChI is InChI=1S/C12H17N5/c1-3-11(14-4-1)12-9-13-10-16(12)7-8-17-6-2-5-15-17/h2,5-6,9-11,14H,1,3-4,7-8H2/t11-/m0/s1. The molecule has 2 aromatic rings. The number of hydrogen-bond donors (Lipinski definition) is 1. The van der Waals surface area contributed by atoms with Gasteiger partial charge in [-0.25, -0.2) is 4.98 Å². The van der Waals surface area contributed by atoms with E-state index in [9.17, 15) is 0 Å². The van der Waals surface area contributed by atoms with Crippen LogP contribution in [0.1, 0.15) is 24.6 Å². The summed E-state index contributed by atoms with van der Waals surface area (Å²) in [5, 5.41) is 7.72. The minimum absolute atomic E-state index is 0.482. The molecule has 3 heterocycles. The molecule has 1 atom stereocenters. The molecular weight excluding hydrogens is 214 g/mol. The van der Waals surface area contributed by atoms with Crippen molar-refractivity contribution in [2.75, 3.05) is 6.54 Å². The van der Waals surface area contributed by atoms with E-state index in [1.165, 1.54) is 18.5 Å². The lowest BCUT2D eigenvalue weighted by atomic mass is 10.2. The van der Waals surface area contributed by atoms with Gasteiger partial charge < -0.3 is 9.88 Å². The minimum Gasteiger partial charge on any atom is -0.331 e. The van der Waals surface area contributed by atoms with Gasteiger partial charge in [-0.15, -0.1) is 0 Å². The van der Waals surface area contributed by atoms with Crippen LogP contribution in [0.5, 0.6) is 0 Å². The molecule has 0 unspecified atom stereocenters. The Morgan fingerprint density at radius 3 is 3.18 bits per heavy atom. The van der Waals surface area contributed by atoms with Crippen LogP contribution in [-0.4, -0.2) is 25.9 Å². The topological polar surface area (TPSA) is 47.7 Å². The third-order valence-electron chi connectivity index (χ3n) is 3.29. The van der Waals surface area contributed by atoms with Crippen molar-refractivity contribution in [2.24, 2.45) is 0 Å². The maximum absolute atomic E-state index is 4.26. The van der Waals surface area contributed by atoms with Gasteiger partial charge in [0.05, 0.1) is 18.6 Å². The minimum atomic E-state index is 0.482. The smallest absolute Gasteiger partial charge is 0.0949 e. The van der Waals surface area contributed by atoms with Gasteiger partial charge in [0, 0.05) is 31.2 Å². The van der Waals surface area contributed by atoms with Crippen molar-refractivity contribution in [2.45, 2.75) is 32.0 Å². The lowest BCUT2D eigenvalue weighted by Gasteiger charge is -2.13. The Balaban J connectivity index is 1.68. The van der Waals surface area contributed by atoms with E-state index < -0.39 is 0 Å². The van der Waals surface area contributed by atoms with E-state index in [-0.39, 0.29) is 0 Å². The van der Waals surface area contributed by atoms with Crippen LogP contribution in [0.3, 0.4) is 0 Å². The highest BCUT2D eigenvalue weighted by molar-refractivity contribution is 5.07. The first-order valence-corrected chi connectivity index (χ1v) is 6.14. The van der Waals surface area contributed by atoms with Crippen LogP contribution in [-0.2, 0) is 13.1 Å². The summed E-state index contributed by atoms with van der Waals surface area (Å²) in [7, 11) is 0. The van der Waals surface area contributed by atoms with Crippen molar-refractivity contribution < 1.29 is 0 Å². The Bertz CT molecular complexity index is 453. The molecular formula is C12H17N5. The Hall–Kier alpha value is -1.62. The van der Waals surface area contributed by atoms with Gasteiger partial charge in [-0.2, -0.15) is 5.10 Å². The van der Waals surface area contributed by atoms with Gasteiger partial charge in [-0.3, -0.25) is 4.68 Å². The van der Waals surface area contributed by atoms with E-state index in [2.05, 4.69) is 20.0 Å². The molecule has 0 saturated carbocycles. The summed E-state index contributed by atoms with van der Waals surface area (Å²) < 4.78 is 4.18. The monoisotopic (exact) mass is 231 g/mol. The first kappa shape index (κ1) is 10.5. The van der Waals surface area contributed by atoms with Crippen LogP contribution in [0.25, 0.3) is 0 Å². The highest BCUT2D eigenvalue weighted by Crippen LogP contribution is 2.22. The molecule has 90 valence electrons. The zero-order valence-electron chi connectivity index (χ0n) is 9.79. The number of rotatable bonds is 4. The maximum Gasteiger partial charge on any atom is 0.0949 e. The number of hydrogen-bond acceptors (Lipinski definition) is 3. The maximum atomic E-state index is 4.26. The van der Waals surface area contributed by atoms with Gasteiger partial charge in [0.1, 0.15) is 0 Å². The Morgan fingerprint density at radius 2 is 2.41 bits per heavy atom. The summed E-state index contributed by atoms with van der Waals surface area (Å²) in [6, 6.07) is 2.43. The van der Waals surface area contributed by atoms with Crippen molar-refractivity contribution in [1.82, 2.24) is 24.6 Å². The SMILES string of the molecule is c1cnn(CCn2cncc2[C@@H]2CCCN2)c1. The molecule has 5 nitrogen and oxygen atoms in total. The van der Waals surface area contributed by atoms with Gasteiger partial charge in [0.15, 0.2) is 0 Å². The van der Waals surface area contributed by atoms with Gasteiger partial charge in [0.2, 0.25) is 0 Å². The number of aryl methyl sites for hydroxylation is 2. The van der Waals surface area contributed by atoms with Crippen LogP contribution >= 0.6 is 0 Å². The van der Waals surface area contributed by atoms with Crippen LogP contribution < -0.4 is 5.32 Å². The Kier molecular flexibility index (Phi) is 2.92. The highest BCUT2D eigenvalue weighted by Gasteiger charge is 2.19. The number of aromatic nitrogens is 4. The second-order valence-electron chi connectivity index (χ2n) is 4.43. The molecule has 1 aliphatic heterocycles. The highest BCUT2D eigenvalue weighted by atomic mass is 15.3. The summed E-state index contributed by atoms with van der Waals surface area (Å²) in [5.74, 6) is 0. The zero-order valence-corrected chi connectivity index (χ0v) is 9.79. The van der Waals surface area contributed by atoms with Crippen molar-refractivity contribution >= 4 is 0 Å². The van der Waals surface area contributed by atoms with Gasteiger partial charge >= 0.3 is 0 Å². The summed E-state index contributed by atoms with van der Waals surface area (Å²) in [5.41, 5.74) is 1.30. The lowest BCUT2D eigenvalue weighted by Crippen LogP contribution is -2.18. The van der Waals surface area contributed by atoms with Gasteiger partial charge in [-0.1, -0.05) is 0 Å². The first-order chi connectivity index (χ1) is 8.43. The van der Waals surface area contributed by atoms with E-state index in [4.69, 9.17) is 0 Å². The van der Waals surface area contributed by atoms with Crippen LogP contribution in [0.4, 0.5) is 0 Å². The van der Waals surface area contributed by atoms with E-state index in [0.29, 0.717) is 6.04 Å². The predicted octanol–water partition coefficient (Wildman–Crippen LogP) is 1.20. The van der Waals surface area contributed by atoms with E-state index in [1.807, 2.05) is 35.7 Å². The van der Waals surface area contributed by atoms with Crippen molar-refractivity contribution in [3.63, 3.8) is 0 Å². The van der Waals surface area contributed by atoms with Crippen LogP contribution in [0.2, 0.25) is 0 Å². The molecule has 1 N–H and O–H groups in total. The fourth-order valence-corrected chi connectivity index (χ4v) is 2.39. The zero-order chi connectivity index (χ0) is 11.5. The molecule has 0 aromatic carbocycles. The normalized spacial score (nSPS) is 19.9. The molecule has 3 rings (SSSR count). The molecule has 0 spiro atoms. The Morgan fingerprint density at radius 1 is 1.41 bits per heavy atom. The molecule has 5 heteroatoms. The first-order valence-electron chi connectivity index (χ1n) is 6.14. The van der Waals surface area contributed by atoms with Crippen molar-refractivity contribution in [1.29, 1.82) is 0 Å². The molecule has 0 amide bonds. The largest absolute Gasteiger partial charge is 0.331 e. The summed E-state index contributed by atoms with van der Waals surface area (Å²) in [6.45, 7) is 2.94. The molecule has 0 radical (unpaired) electrons. The molecule has 1 aliphatic rings. The van der Waals surface area contributed by atoms with E-state index in [0.717, 1.165) is 19.6 Å².